The van der Waals surface area contributed by atoms with Gasteiger partial charge >= 0.3 is 8.80 Å². The van der Waals surface area contributed by atoms with E-state index in [9.17, 15) is 0 Å². The van der Waals surface area contributed by atoms with Gasteiger partial charge in [0.25, 0.3) is 0 Å². The third-order valence-corrected chi connectivity index (χ3v) is 7.64. The molecule has 6 nitrogen and oxygen atoms in total. The van der Waals surface area contributed by atoms with E-state index in [4.69, 9.17) is 23.5 Å². The Labute approximate surface area is 156 Å². The Morgan fingerprint density at radius 3 is 1.44 bits per heavy atom. The van der Waals surface area contributed by atoms with Gasteiger partial charge in [-0.1, -0.05) is 0 Å². The molecule has 0 atom stereocenters. The van der Waals surface area contributed by atoms with Crippen LogP contribution >= 0.6 is 0 Å². The number of nitrogens with zero attached hydrogens (tertiary/aromatic N) is 1. The Morgan fingerprint density at radius 1 is 0.680 bits per heavy atom. The second kappa shape index (κ2) is 15.1. The third-order valence-electron chi connectivity index (χ3n) is 4.49. The fraction of sp³-hybridized carbons (Fsp3) is 1.00. The number of aliphatic hydroxyl groups excluding tert-OH is 2. The smallest absolute Gasteiger partial charge is 0.396 e. The molecule has 0 heterocycles. The largest absolute Gasteiger partial charge is 0.501 e. The van der Waals surface area contributed by atoms with E-state index < -0.39 is 8.80 Å². The van der Waals surface area contributed by atoms with Crippen LogP contribution in [-0.4, -0.2) is 83.2 Å². The van der Waals surface area contributed by atoms with Gasteiger partial charge in [0.05, 0.1) is 26.7 Å². The monoisotopic (exact) mass is 380 g/mol. The molecule has 0 aliphatic rings. The molecule has 0 rings (SSSR count). The second-order valence-corrected chi connectivity index (χ2v) is 9.47. The topological polar surface area (TPSA) is 68.2 Å². The Hall–Kier alpha value is -0.0231. The van der Waals surface area contributed by atoms with Crippen LogP contribution in [0.25, 0.3) is 0 Å². The number of hydrogen-bond acceptors (Lipinski definition) is 5. The highest BCUT2D eigenvalue weighted by Gasteiger charge is 2.40. The van der Waals surface area contributed by atoms with Crippen molar-refractivity contribution in [2.75, 3.05) is 59.7 Å². The fourth-order valence-corrected chi connectivity index (χ4v) is 5.82. The van der Waals surface area contributed by atoms with Gasteiger partial charge in [-0.05, 0) is 46.5 Å². The Bertz CT molecular complexity index is 280. The molecule has 0 aliphatic carbocycles. The van der Waals surface area contributed by atoms with Gasteiger partial charge < -0.3 is 28.0 Å². The van der Waals surface area contributed by atoms with Gasteiger partial charge in [-0.25, -0.2) is 0 Å². The molecular weight excluding hydrogens is 338 g/mol. The van der Waals surface area contributed by atoms with Crippen LogP contribution in [0.15, 0.2) is 0 Å². The molecule has 0 aromatic carbocycles. The van der Waals surface area contributed by atoms with Gasteiger partial charge in [0.1, 0.15) is 0 Å². The summed E-state index contributed by atoms with van der Waals surface area (Å²) in [5, 5.41) is 18.1. The summed E-state index contributed by atoms with van der Waals surface area (Å²) in [6.45, 7) is 11.5. The molecule has 0 unspecified atom stereocenters. The Balaban J connectivity index is 4.68. The van der Waals surface area contributed by atoms with Crippen molar-refractivity contribution >= 4 is 8.80 Å². The summed E-state index contributed by atoms with van der Waals surface area (Å²) in [4.78, 5) is 0. The summed E-state index contributed by atoms with van der Waals surface area (Å²) in [5.74, 6) is 0. The minimum Gasteiger partial charge on any atom is -0.396 e. The standard InChI is InChI=1S/C18H42NO5Si/c1-5-22-25(23-6-2,24-7-3)18-12-15-19(4,13-8-10-16-20)14-9-11-17-21/h20-21H,5-18H2,1-4H3/q+1. The van der Waals surface area contributed by atoms with E-state index in [2.05, 4.69) is 7.05 Å². The molecule has 0 saturated carbocycles. The van der Waals surface area contributed by atoms with Crippen molar-refractivity contribution in [2.24, 2.45) is 0 Å². The summed E-state index contributed by atoms with van der Waals surface area (Å²) in [5.41, 5.74) is 0. The number of quaternary nitrogens is 1. The molecule has 0 spiro atoms. The lowest BCUT2D eigenvalue weighted by Crippen LogP contribution is -2.49. The van der Waals surface area contributed by atoms with Crippen molar-refractivity contribution in [1.29, 1.82) is 0 Å². The zero-order valence-electron chi connectivity index (χ0n) is 17.0. The zero-order valence-corrected chi connectivity index (χ0v) is 18.0. The molecule has 0 bridgehead atoms. The zero-order chi connectivity index (χ0) is 19.0. The van der Waals surface area contributed by atoms with E-state index in [0.29, 0.717) is 19.8 Å². The molecule has 152 valence electrons. The Morgan fingerprint density at radius 2 is 1.08 bits per heavy atom. The van der Waals surface area contributed by atoms with Crippen molar-refractivity contribution < 1.29 is 28.0 Å². The summed E-state index contributed by atoms with van der Waals surface area (Å²) in [6.07, 6.45) is 4.75. The summed E-state index contributed by atoms with van der Waals surface area (Å²) >= 11 is 0. The summed E-state index contributed by atoms with van der Waals surface area (Å²) in [6, 6.07) is 0.844. The summed E-state index contributed by atoms with van der Waals surface area (Å²) in [7, 11) is -0.284. The molecule has 25 heavy (non-hydrogen) atoms. The lowest BCUT2D eigenvalue weighted by molar-refractivity contribution is -0.910. The van der Waals surface area contributed by atoms with Crippen molar-refractivity contribution in [3.8, 4) is 0 Å². The van der Waals surface area contributed by atoms with Gasteiger partial charge in [0, 0.05) is 45.5 Å². The highest BCUT2D eigenvalue weighted by Crippen LogP contribution is 2.20. The minimum atomic E-state index is -2.56. The van der Waals surface area contributed by atoms with Crippen LogP contribution in [0.3, 0.4) is 0 Å². The first kappa shape index (κ1) is 25.0. The second-order valence-electron chi connectivity index (χ2n) is 6.74. The maximum absolute atomic E-state index is 9.05. The van der Waals surface area contributed by atoms with Crippen LogP contribution in [0, 0.1) is 0 Å². The minimum absolute atomic E-state index is 0.256. The average Bonchev–Trinajstić information content (AvgIpc) is 2.56. The van der Waals surface area contributed by atoms with Crippen molar-refractivity contribution in [3.05, 3.63) is 0 Å². The molecular formula is C18H42NO5Si+. The van der Waals surface area contributed by atoms with E-state index in [0.717, 1.165) is 62.3 Å². The SMILES string of the molecule is CCO[Si](CCC[N+](C)(CCCCO)CCCCO)(OCC)OCC. The number of hydrogen-bond donors (Lipinski definition) is 2. The van der Waals surface area contributed by atoms with Gasteiger partial charge in [0.2, 0.25) is 0 Å². The molecule has 0 radical (unpaired) electrons. The number of aliphatic hydroxyl groups is 2. The van der Waals surface area contributed by atoms with E-state index in [-0.39, 0.29) is 13.2 Å². The highest BCUT2D eigenvalue weighted by atomic mass is 28.4. The van der Waals surface area contributed by atoms with Crippen LogP contribution in [-0.2, 0) is 13.3 Å². The van der Waals surface area contributed by atoms with Crippen molar-refractivity contribution in [1.82, 2.24) is 0 Å². The van der Waals surface area contributed by atoms with Crippen molar-refractivity contribution in [2.45, 2.75) is 58.9 Å². The lowest BCUT2D eigenvalue weighted by atomic mass is 10.2. The molecule has 7 heteroatoms. The predicted octanol–water partition coefficient (Wildman–Crippen LogP) is 2.42. The van der Waals surface area contributed by atoms with E-state index >= 15 is 0 Å². The quantitative estimate of drug-likeness (QED) is 0.217. The molecule has 2 N–H and O–H groups in total. The Kier molecular flexibility index (Phi) is 15.1. The molecule has 0 amide bonds. The van der Waals surface area contributed by atoms with Crippen LogP contribution in [0.4, 0.5) is 0 Å². The van der Waals surface area contributed by atoms with Crippen LogP contribution in [0.5, 0.6) is 0 Å². The molecule has 0 aromatic rings. The maximum atomic E-state index is 9.05. The molecule has 0 aromatic heterocycles. The normalized spacial score (nSPS) is 12.7. The van der Waals surface area contributed by atoms with Crippen LogP contribution in [0.2, 0.25) is 6.04 Å². The molecule has 0 fully saturated rings. The lowest BCUT2D eigenvalue weighted by Gasteiger charge is -2.36. The van der Waals surface area contributed by atoms with Gasteiger partial charge in [0.15, 0.2) is 0 Å². The van der Waals surface area contributed by atoms with Gasteiger partial charge in [-0.3, -0.25) is 0 Å². The first-order valence-corrected chi connectivity index (χ1v) is 11.9. The van der Waals surface area contributed by atoms with Gasteiger partial charge in [-0.15, -0.1) is 0 Å². The van der Waals surface area contributed by atoms with E-state index in [1.165, 1.54) is 0 Å². The fourth-order valence-electron chi connectivity index (χ4n) is 3.22. The number of rotatable bonds is 18. The average molecular weight is 381 g/mol. The van der Waals surface area contributed by atoms with Crippen LogP contribution in [0.1, 0.15) is 52.9 Å². The predicted molar refractivity (Wildman–Crippen MR) is 103 cm³/mol. The maximum Gasteiger partial charge on any atom is 0.501 e. The highest BCUT2D eigenvalue weighted by molar-refractivity contribution is 6.60. The van der Waals surface area contributed by atoms with Gasteiger partial charge in [-0.2, -0.15) is 0 Å². The molecule has 0 aliphatic heterocycles. The first-order valence-electron chi connectivity index (χ1n) is 9.98. The first-order chi connectivity index (χ1) is 12.0. The third kappa shape index (κ3) is 11.3. The van der Waals surface area contributed by atoms with Crippen molar-refractivity contribution in [3.63, 3.8) is 0 Å². The van der Waals surface area contributed by atoms with E-state index in [1.54, 1.807) is 0 Å². The van der Waals surface area contributed by atoms with Crippen LogP contribution < -0.4 is 0 Å². The molecule has 0 saturated heterocycles. The van der Waals surface area contributed by atoms with E-state index in [1.807, 2.05) is 20.8 Å². The summed E-state index contributed by atoms with van der Waals surface area (Å²) < 4.78 is 18.8. The number of unbranched alkanes of at least 4 members (excludes halogenated alkanes) is 2.